The lowest BCUT2D eigenvalue weighted by Gasteiger charge is -2.12. The SMILES string of the molecule is c1ccc(-c2nc3cc(-c4ccc(-c5nc(-c6ccc(-c7ccc8oc(-c9ccccc9)nc8c7)cc6)nc(-c6ccc7cc(-n8c9ccccc9c9ccccc98)ccc7c6)n5)cc4)ccc3o2)cc1. The third-order valence-corrected chi connectivity index (χ3v) is 13.3. The summed E-state index contributed by atoms with van der Waals surface area (Å²) in [5.41, 5.74) is 15.2. The molecule has 332 valence electrons. The van der Waals surface area contributed by atoms with Crippen molar-refractivity contribution in [2.45, 2.75) is 0 Å². The molecule has 0 unspecified atom stereocenters. The summed E-state index contributed by atoms with van der Waals surface area (Å²) in [4.78, 5) is 25.1. The average Bonchev–Trinajstić information content (AvgIpc) is 4.17. The number of para-hydroxylation sites is 2. The molecule has 0 atom stereocenters. The average molecular weight is 911 g/mol. The Morgan fingerprint density at radius 1 is 0.282 bits per heavy atom. The van der Waals surface area contributed by atoms with Crippen molar-refractivity contribution in [1.82, 2.24) is 29.5 Å². The Bertz CT molecular complexity index is 4100. The van der Waals surface area contributed by atoms with Gasteiger partial charge in [-0.05, 0) is 112 Å². The fourth-order valence-corrected chi connectivity index (χ4v) is 9.72. The van der Waals surface area contributed by atoms with E-state index in [0.29, 0.717) is 29.3 Å². The van der Waals surface area contributed by atoms with Crippen molar-refractivity contribution in [1.29, 1.82) is 0 Å². The minimum absolute atomic E-state index is 0.576. The highest BCUT2D eigenvalue weighted by atomic mass is 16.4. The second-order valence-electron chi connectivity index (χ2n) is 17.7. The van der Waals surface area contributed by atoms with Crippen LogP contribution in [-0.4, -0.2) is 29.5 Å². The summed E-state index contributed by atoms with van der Waals surface area (Å²) in [6.07, 6.45) is 0. The summed E-state index contributed by atoms with van der Waals surface area (Å²) in [6, 6.07) is 79.2. The summed E-state index contributed by atoms with van der Waals surface area (Å²) in [5.74, 6) is 2.94. The second kappa shape index (κ2) is 16.5. The van der Waals surface area contributed by atoms with Crippen LogP contribution >= 0.6 is 0 Å². The van der Waals surface area contributed by atoms with Crippen molar-refractivity contribution >= 4 is 54.8 Å². The smallest absolute Gasteiger partial charge is 0.227 e. The number of nitrogens with zero attached hydrogens (tertiary/aromatic N) is 6. The summed E-state index contributed by atoms with van der Waals surface area (Å²) in [6.45, 7) is 0. The van der Waals surface area contributed by atoms with E-state index in [9.17, 15) is 0 Å². The molecule has 0 amide bonds. The van der Waals surface area contributed by atoms with Gasteiger partial charge in [0.1, 0.15) is 11.0 Å². The van der Waals surface area contributed by atoms with Gasteiger partial charge >= 0.3 is 0 Å². The highest BCUT2D eigenvalue weighted by molar-refractivity contribution is 6.09. The van der Waals surface area contributed by atoms with E-state index in [4.69, 9.17) is 33.8 Å². The number of hydrogen-bond acceptors (Lipinski definition) is 7. The first-order valence-corrected chi connectivity index (χ1v) is 23.5. The van der Waals surface area contributed by atoms with Crippen LogP contribution in [0.25, 0.3) is 140 Å². The van der Waals surface area contributed by atoms with Crippen LogP contribution in [0.5, 0.6) is 0 Å². The topological polar surface area (TPSA) is 95.7 Å². The molecule has 0 aliphatic rings. The molecule has 0 saturated carbocycles. The largest absolute Gasteiger partial charge is 0.436 e. The van der Waals surface area contributed by atoms with Gasteiger partial charge in [-0.25, -0.2) is 24.9 Å². The Balaban J connectivity index is 0.827. The van der Waals surface area contributed by atoms with Crippen molar-refractivity contribution < 1.29 is 8.83 Å². The van der Waals surface area contributed by atoms with E-state index < -0.39 is 0 Å². The van der Waals surface area contributed by atoms with E-state index >= 15 is 0 Å². The summed E-state index contributed by atoms with van der Waals surface area (Å²) in [7, 11) is 0. The van der Waals surface area contributed by atoms with E-state index in [0.717, 1.165) is 88.7 Å². The molecule has 71 heavy (non-hydrogen) atoms. The maximum absolute atomic E-state index is 6.11. The summed E-state index contributed by atoms with van der Waals surface area (Å²) in [5, 5.41) is 4.68. The molecule has 10 aromatic carbocycles. The summed E-state index contributed by atoms with van der Waals surface area (Å²) < 4.78 is 14.6. The van der Waals surface area contributed by atoms with Crippen LogP contribution in [-0.2, 0) is 0 Å². The Morgan fingerprint density at radius 2 is 0.690 bits per heavy atom. The highest BCUT2D eigenvalue weighted by Crippen LogP contribution is 2.36. The molecule has 0 saturated heterocycles. The molecule has 4 heterocycles. The first-order valence-electron chi connectivity index (χ1n) is 23.5. The quantitative estimate of drug-likeness (QED) is 0.150. The first kappa shape index (κ1) is 40.3. The monoisotopic (exact) mass is 910 g/mol. The van der Waals surface area contributed by atoms with Crippen LogP contribution in [0.1, 0.15) is 0 Å². The Labute approximate surface area is 406 Å². The third kappa shape index (κ3) is 7.21. The molecule has 0 N–H and O–H groups in total. The van der Waals surface area contributed by atoms with Gasteiger partial charge in [0.05, 0.1) is 11.0 Å². The van der Waals surface area contributed by atoms with Gasteiger partial charge < -0.3 is 13.4 Å². The zero-order valence-electron chi connectivity index (χ0n) is 37.9. The lowest BCUT2D eigenvalue weighted by atomic mass is 10.0. The first-order chi connectivity index (χ1) is 35.1. The van der Waals surface area contributed by atoms with E-state index in [2.05, 4.69) is 162 Å². The molecule has 0 radical (unpaired) electrons. The van der Waals surface area contributed by atoms with Crippen LogP contribution in [0.15, 0.2) is 239 Å². The van der Waals surface area contributed by atoms with Gasteiger partial charge in [-0.2, -0.15) is 0 Å². The van der Waals surface area contributed by atoms with E-state index in [1.165, 1.54) is 21.8 Å². The van der Waals surface area contributed by atoms with Gasteiger partial charge in [0.15, 0.2) is 28.6 Å². The molecule has 0 fully saturated rings. The summed E-state index contributed by atoms with van der Waals surface area (Å²) >= 11 is 0. The van der Waals surface area contributed by atoms with Gasteiger partial charge in [-0.15, -0.1) is 0 Å². The number of hydrogen-bond donors (Lipinski definition) is 0. The fraction of sp³-hybridized carbons (Fsp3) is 0. The maximum atomic E-state index is 6.11. The number of aromatic nitrogens is 6. The normalized spacial score (nSPS) is 11.7. The number of benzene rings is 10. The van der Waals surface area contributed by atoms with Crippen molar-refractivity contribution in [3.05, 3.63) is 231 Å². The minimum atomic E-state index is 0.576. The van der Waals surface area contributed by atoms with E-state index in [-0.39, 0.29) is 0 Å². The lowest BCUT2D eigenvalue weighted by molar-refractivity contribution is 0.619. The molecular weight excluding hydrogens is 873 g/mol. The van der Waals surface area contributed by atoms with Crippen LogP contribution < -0.4 is 0 Å². The Morgan fingerprint density at radius 3 is 1.21 bits per heavy atom. The minimum Gasteiger partial charge on any atom is -0.436 e. The van der Waals surface area contributed by atoms with E-state index in [1.54, 1.807) is 0 Å². The maximum Gasteiger partial charge on any atom is 0.227 e. The molecule has 0 aliphatic carbocycles. The number of fused-ring (bicyclic) bond motifs is 6. The highest BCUT2D eigenvalue weighted by Gasteiger charge is 2.17. The number of oxazole rings is 2. The van der Waals surface area contributed by atoms with Gasteiger partial charge in [-0.3, -0.25) is 0 Å². The number of rotatable bonds is 8. The zero-order valence-corrected chi connectivity index (χ0v) is 37.9. The fourth-order valence-electron chi connectivity index (χ4n) is 9.72. The molecule has 14 rings (SSSR count). The third-order valence-electron chi connectivity index (χ3n) is 13.3. The van der Waals surface area contributed by atoms with Crippen LogP contribution in [0.4, 0.5) is 0 Å². The van der Waals surface area contributed by atoms with Gasteiger partial charge in [0, 0.05) is 44.3 Å². The van der Waals surface area contributed by atoms with Gasteiger partial charge in [0.2, 0.25) is 11.8 Å². The molecule has 8 heteroatoms. The molecule has 0 aliphatic heterocycles. The molecular formula is C63H38N6O2. The van der Waals surface area contributed by atoms with Crippen molar-refractivity contribution in [3.8, 4) is 85.0 Å². The molecule has 8 nitrogen and oxygen atoms in total. The van der Waals surface area contributed by atoms with Crippen molar-refractivity contribution in [2.75, 3.05) is 0 Å². The van der Waals surface area contributed by atoms with E-state index in [1.807, 2.05) is 72.8 Å². The van der Waals surface area contributed by atoms with Crippen LogP contribution in [0.2, 0.25) is 0 Å². The van der Waals surface area contributed by atoms with Gasteiger partial charge in [-0.1, -0.05) is 152 Å². The Hall–Kier alpha value is -9.79. The molecule has 4 aromatic heterocycles. The van der Waals surface area contributed by atoms with Gasteiger partial charge in [0.25, 0.3) is 0 Å². The zero-order chi connectivity index (χ0) is 46.8. The lowest BCUT2D eigenvalue weighted by Crippen LogP contribution is -2.00. The van der Waals surface area contributed by atoms with Crippen molar-refractivity contribution in [3.63, 3.8) is 0 Å². The molecule has 0 spiro atoms. The van der Waals surface area contributed by atoms with Crippen molar-refractivity contribution in [2.24, 2.45) is 0 Å². The predicted octanol–water partition coefficient (Wildman–Crippen LogP) is 16.1. The van der Waals surface area contributed by atoms with Crippen LogP contribution in [0, 0.1) is 0 Å². The second-order valence-corrected chi connectivity index (χ2v) is 17.7. The molecule has 14 aromatic rings. The Kier molecular flexibility index (Phi) is 9.35. The molecule has 0 bridgehead atoms. The van der Waals surface area contributed by atoms with Crippen LogP contribution in [0.3, 0.4) is 0 Å². The standard InChI is InChI=1S/C63H38N6O2/c1-3-11-43(12-4-1)62-64-53-37-47(30-33-57(53)70-62)39-19-23-41(24-20-39)59-66-60(42-25-21-40(22-26-42)48-31-34-58-54(38-48)65-63(71-58)44-13-5-2-6-14-44)68-61(67-59)49-28-27-46-36-50(32-29-45(46)35-49)69-55-17-9-7-15-51(55)52-16-8-10-18-56(52)69/h1-38H. The predicted molar refractivity (Wildman–Crippen MR) is 285 cm³/mol.